The van der Waals surface area contributed by atoms with Crippen molar-refractivity contribution in [2.24, 2.45) is 0 Å². The van der Waals surface area contributed by atoms with Crippen molar-refractivity contribution >= 4 is 17.2 Å². The predicted molar refractivity (Wildman–Crippen MR) is 49.5 cm³/mol. The van der Waals surface area contributed by atoms with Crippen molar-refractivity contribution in [1.82, 2.24) is 5.32 Å². The second-order valence-electron chi connectivity index (χ2n) is 3.19. The zero-order chi connectivity index (χ0) is 8.55. The minimum Gasteiger partial charge on any atom is -0.349 e. The highest BCUT2D eigenvalue weighted by Crippen LogP contribution is 2.20. The normalized spacial score (nSPS) is 16.1. The van der Waals surface area contributed by atoms with Gasteiger partial charge in [-0.1, -0.05) is 0 Å². The first-order chi connectivity index (χ1) is 5.75. The molecule has 64 valence electrons. The van der Waals surface area contributed by atoms with Crippen molar-refractivity contribution in [3.63, 3.8) is 0 Å². The number of aryl methyl sites for hydroxylation is 1. The molecule has 1 aliphatic carbocycles. The van der Waals surface area contributed by atoms with Gasteiger partial charge in [-0.2, -0.15) is 0 Å². The Labute approximate surface area is 75.6 Å². The Morgan fingerprint density at radius 3 is 2.92 bits per heavy atom. The molecule has 1 amide bonds. The van der Waals surface area contributed by atoms with E-state index in [0.29, 0.717) is 6.04 Å². The molecule has 1 heterocycles. The average molecular weight is 181 g/mol. The number of rotatable bonds is 2. The van der Waals surface area contributed by atoms with Crippen LogP contribution in [-0.4, -0.2) is 11.9 Å². The van der Waals surface area contributed by atoms with Crippen LogP contribution in [0, 0.1) is 6.92 Å². The molecule has 0 aliphatic heterocycles. The first-order valence-corrected chi connectivity index (χ1v) is 4.99. The van der Waals surface area contributed by atoms with Crippen LogP contribution in [0.3, 0.4) is 0 Å². The van der Waals surface area contributed by atoms with Crippen molar-refractivity contribution in [2.75, 3.05) is 0 Å². The SMILES string of the molecule is Cc1cc(C(=O)NC2CC2)cs1. The first kappa shape index (κ1) is 7.80. The van der Waals surface area contributed by atoms with E-state index in [9.17, 15) is 4.79 Å². The Kier molecular flexibility index (Phi) is 1.89. The number of hydrogen-bond donors (Lipinski definition) is 1. The fourth-order valence-corrected chi connectivity index (χ4v) is 1.74. The van der Waals surface area contributed by atoms with Gasteiger partial charge in [0.05, 0.1) is 5.56 Å². The lowest BCUT2D eigenvalue weighted by atomic mass is 10.3. The molecule has 0 saturated heterocycles. The van der Waals surface area contributed by atoms with Crippen molar-refractivity contribution < 1.29 is 4.79 Å². The molecule has 2 nitrogen and oxygen atoms in total. The Balaban J connectivity index is 2.03. The summed E-state index contributed by atoms with van der Waals surface area (Å²) in [6.07, 6.45) is 2.30. The number of nitrogens with one attached hydrogen (secondary N) is 1. The fourth-order valence-electron chi connectivity index (χ4n) is 1.06. The summed E-state index contributed by atoms with van der Waals surface area (Å²) in [5.41, 5.74) is 0.810. The molecule has 0 unspecified atom stereocenters. The summed E-state index contributed by atoms with van der Waals surface area (Å²) < 4.78 is 0. The lowest BCUT2D eigenvalue weighted by molar-refractivity contribution is 0.0951. The van der Waals surface area contributed by atoms with Crippen LogP contribution >= 0.6 is 11.3 Å². The minimum atomic E-state index is 0.0850. The van der Waals surface area contributed by atoms with Crippen molar-refractivity contribution in [1.29, 1.82) is 0 Å². The molecule has 2 rings (SSSR count). The van der Waals surface area contributed by atoms with Crippen LogP contribution in [0.2, 0.25) is 0 Å². The molecule has 1 N–H and O–H groups in total. The van der Waals surface area contributed by atoms with Gasteiger partial charge in [0.2, 0.25) is 0 Å². The van der Waals surface area contributed by atoms with Crippen molar-refractivity contribution in [2.45, 2.75) is 25.8 Å². The summed E-state index contributed by atoms with van der Waals surface area (Å²) in [6.45, 7) is 2.01. The molecular weight excluding hydrogens is 170 g/mol. The minimum absolute atomic E-state index is 0.0850. The average Bonchev–Trinajstić information content (AvgIpc) is 2.72. The number of carbonyl (C=O) groups excluding carboxylic acids is 1. The topological polar surface area (TPSA) is 29.1 Å². The third-order valence-corrected chi connectivity index (χ3v) is 2.77. The Hall–Kier alpha value is -0.830. The van der Waals surface area contributed by atoms with E-state index in [1.165, 1.54) is 4.88 Å². The van der Waals surface area contributed by atoms with Gasteiger partial charge < -0.3 is 5.32 Å². The van der Waals surface area contributed by atoms with Crippen molar-refractivity contribution in [3.05, 3.63) is 21.9 Å². The Bertz CT molecular complexity index is 301. The second-order valence-corrected chi connectivity index (χ2v) is 4.31. The van der Waals surface area contributed by atoms with E-state index in [-0.39, 0.29) is 5.91 Å². The molecule has 0 atom stereocenters. The van der Waals surface area contributed by atoms with Crippen LogP contribution in [0.15, 0.2) is 11.4 Å². The Morgan fingerprint density at radius 2 is 2.42 bits per heavy atom. The van der Waals surface area contributed by atoms with Gasteiger partial charge in [0.1, 0.15) is 0 Å². The second kappa shape index (κ2) is 2.90. The molecule has 0 aromatic carbocycles. The largest absolute Gasteiger partial charge is 0.349 e. The zero-order valence-corrected chi connectivity index (χ0v) is 7.78. The van der Waals surface area contributed by atoms with E-state index in [1.807, 2.05) is 18.4 Å². The molecular formula is C9H11NOS. The van der Waals surface area contributed by atoms with E-state index in [1.54, 1.807) is 11.3 Å². The molecule has 1 saturated carbocycles. The monoisotopic (exact) mass is 181 g/mol. The van der Waals surface area contributed by atoms with Crippen LogP contribution < -0.4 is 5.32 Å². The Morgan fingerprint density at radius 1 is 1.67 bits per heavy atom. The third-order valence-electron chi connectivity index (χ3n) is 1.91. The number of carbonyl (C=O) groups is 1. The van der Waals surface area contributed by atoms with Crippen LogP contribution in [-0.2, 0) is 0 Å². The maximum absolute atomic E-state index is 11.4. The van der Waals surface area contributed by atoms with Gasteiger partial charge in [-0.25, -0.2) is 0 Å². The summed E-state index contributed by atoms with van der Waals surface area (Å²) in [7, 11) is 0. The molecule has 0 spiro atoms. The van der Waals surface area contributed by atoms with Gasteiger partial charge in [-0.15, -0.1) is 11.3 Å². The zero-order valence-electron chi connectivity index (χ0n) is 6.96. The summed E-state index contributed by atoms with van der Waals surface area (Å²) in [5, 5.41) is 4.86. The quantitative estimate of drug-likeness (QED) is 0.742. The summed E-state index contributed by atoms with van der Waals surface area (Å²) >= 11 is 1.62. The standard InChI is InChI=1S/C9H11NOS/c1-6-4-7(5-12-6)9(11)10-8-2-3-8/h4-5,8H,2-3H2,1H3,(H,10,11). The summed E-state index contributed by atoms with van der Waals surface area (Å²) in [5.74, 6) is 0.0850. The van der Waals surface area contributed by atoms with Crippen LogP contribution in [0.25, 0.3) is 0 Å². The fraction of sp³-hybridized carbons (Fsp3) is 0.444. The van der Waals surface area contributed by atoms with Crippen LogP contribution in [0.4, 0.5) is 0 Å². The van der Waals surface area contributed by atoms with Gasteiger partial charge >= 0.3 is 0 Å². The first-order valence-electron chi connectivity index (χ1n) is 4.12. The maximum atomic E-state index is 11.4. The maximum Gasteiger partial charge on any atom is 0.252 e. The summed E-state index contributed by atoms with van der Waals surface area (Å²) in [6, 6.07) is 2.39. The van der Waals surface area contributed by atoms with E-state index >= 15 is 0 Å². The lowest BCUT2D eigenvalue weighted by Gasteiger charge is -1.98. The van der Waals surface area contributed by atoms with Gasteiger partial charge in [-0.05, 0) is 25.8 Å². The third kappa shape index (κ3) is 1.67. The van der Waals surface area contributed by atoms with Gasteiger partial charge in [0.25, 0.3) is 5.91 Å². The van der Waals surface area contributed by atoms with E-state index in [2.05, 4.69) is 5.32 Å². The number of thiophene rings is 1. The molecule has 12 heavy (non-hydrogen) atoms. The van der Waals surface area contributed by atoms with Crippen LogP contribution in [0.1, 0.15) is 28.1 Å². The molecule has 1 aromatic rings. The van der Waals surface area contributed by atoms with Crippen molar-refractivity contribution in [3.8, 4) is 0 Å². The van der Waals surface area contributed by atoms with E-state index in [4.69, 9.17) is 0 Å². The van der Waals surface area contributed by atoms with E-state index < -0.39 is 0 Å². The van der Waals surface area contributed by atoms with E-state index in [0.717, 1.165) is 18.4 Å². The highest BCUT2D eigenvalue weighted by Gasteiger charge is 2.23. The van der Waals surface area contributed by atoms with Gasteiger partial charge in [0, 0.05) is 16.3 Å². The molecule has 3 heteroatoms. The predicted octanol–water partition coefficient (Wildman–Crippen LogP) is 1.95. The molecule has 0 radical (unpaired) electrons. The highest BCUT2D eigenvalue weighted by atomic mass is 32.1. The smallest absolute Gasteiger partial charge is 0.252 e. The summed E-state index contributed by atoms with van der Waals surface area (Å²) in [4.78, 5) is 12.6. The van der Waals surface area contributed by atoms with Gasteiger partial charge in [-0.3, -0.25) is 4.79 Å². The molecule has 1 aromatic heterocycles. The number of hydrogen-bond acceptors (Lipinski definition) is 2. The highest BCUT2D eigenvalue weighted by molar-refractivity contribution is 7.10. The molecule has 0 bridgehead atoms. The molecule has 1 fully saturated rings. The van der Waals surface area contributed by atoms with Crippen LogP contribution in [0.5, 0.6) is 0 Å². The molecule has 1 aliphatic rings. The lowest BCUT2D eigenvalue weighted by Crippen LogP contribution is -2.24. The van der Waals surface area contributed by atoms with Gasteiger partial charge in [0.15, 0.2) is 0 Å². The number of amides is 1.